The van der Waals surface area contributed by atoms with Gasteiger partial charge in [0.05, 0.1) is 16.7 Å². The smallest absolute Gasteiger partial charge is 0.0818 e. The first-order chi connectivity index (χ1) is 7.45. The fraction of sp³-hybridized carbons (Fsp3) is 0. The Morgan fingerprint density at radius 3 is 2.80 bits per heavy atom. The molecule has 0 aliphatic rings. The number of pyridine rings is 1. The molecule has 15 heavy (non-hydrogen) atoms. The second-order valence-electron chi connectivity index (χ2n) is 3.25. The van der Waals surface area contributed by atoms with Crippen LogP contribution in [0.2, 0.25) is 0 Å². The highest BCUT2D eigenvalue weighted by molar-refractivity contribution is 7.07. The summed E-state index contributed by atoms with van der Waals surface area (Å²) in [4.78, 5) is 8.65. The van der Waals surface area contributed by atoms with Crippen LogP contribution in [0.3, 0.4) is 0 Å². The van der Waals surface area contributed by atoms with E-state index in [0.717, 1.165) is 22.2 Å². The van der Waals surface area contributed by atoms with Gasteiger partial charge in [-0.3, -0.25) is 4.98 Å². The fourth-order valence-electron chi connectivity index (χ4n) is 1.66. The zero-order valence-electron chi connectivity index (χ0n) is 7.92. The minimum atomic E-state index is 1.02. The second kappa shape index (κ2) is 3.44. The van der Waals surface area contributed by atoms with Crippen molar-refractivity contribution in [3.8, 4) is 11.3 Å². The summed E-state index contributed by atoms with van der Waals surface area (Å²) in [6.07, 6.45) is 1.83. The summed E-state index contributed by atoms with van der Waals surface area (Å²) >= 11 is 1.61. The third-order valence-corrected chi connectivity index (χ3v) is 2.94. The molecule has 0 saturated heterocycles. The fourth-order valence-corrected chi connectivity index (χ4v) is 2.22. The lowest BCUT2D eigenvalue weighted by Crippen LogP contribution is -1.83. The summed E-state index contributed by atoms with van der Waals surface area (Å²) in [6, 6.07) is 10.1. The van der Waals surface area contributed by atoms with E-state index in [1.54, 1.807) is 11.3 Å². The number of rotatable bonds is 1. The van der Waals surface area contributed by atoms with Crippen molar-refractivity contribution in [2.24, 2.45) is 0 Å². The van der Waals surface area contributed by atoms with Gasteiger partial charge in [-0.2, -0.15) is 0 Å². The van der Waals surface area contributed by atoms with Crippen molar-refractivity contribution in [2.45, 2.75) is 0 Å². The van der Waals surface area contributed by atoms with Crippen LogP contribution in [0.5, 0.6) is 0 Å². The first kappa shape index (κ1) is 8.56. The summed E-state index contributed by atoms with van der Waals surface area (Å²) < 4.78 is 0. The molecular weight excluding hydrogens is 204 g/mol. The van der Waals surface area contributed by atoms with E-state index in [1.165, 1.54) is 0 Å². The standard InChI is InChI=1S/C12H8N2S/c1-2-4-11-9(3-1)10(5-6-13-11)12-7-15-8-14-12/h1-8H. The van der Waals surface area contributed by atoms with Crippen LogP contribution >= 0.6 is 11.3 Å². The van der Waals surface area contributed by atoms with Crippen LogP contribution in [0.1, 0.15) is 0 Å². The second-order valence-corrected chi connectivity index (χ2v) is 3.97. The minimum absolute atomic E-state index is 1.02. The maximum Gasteiger partial charge on any atom is 0.0818 e. The van der Waals surface area contributed by atoms with Crippen LogP contribution in [-0.4, -0.2) is 9.97 Å². The van der Waals surface area contributed by atoms with E-state index in [1.807, 2.05) is 36.0 Å². The van der Waals surface area contributed by atoms with Crippen molar-refractivity contribution in [3.05, 3.63) is 47.4 Å². The molecule has 0 saturated carbocycles. The molecule has 0 fully saturated rings. The molecule has 0 amide bonds. The molecule has 0 N–H and O–H groups in total. The van der Waals surface area contributed by atoms with E-state index in [2.05, 4.69) is 21.4 Å². The first-order valence-electron chi connectivity index (χ1n) is 4.67. The van der Waals surface area contributed by atoms with Gasteiger partial charge in [0.15, 0.2) is 0 Å². The quantitative estimate of drug-likeness (QED) is 0.618. The average Bonchev–Trinajstić information content (AvgIpc) is 2.82. The molecule has 2 aromatic heterocycles. The number of benzene rings is 1. The number of para-hydroxylation sites is 1. The zero-order chi connectivity index (χ0) is 10.1. The lowest BCUT2D eigenvalue weighted by molar-refractivity contribution is 1.38. The molecule has 0 aliphatic carbocycles. The third-order valence-electron chi connectivity index (χ3n) is 2.36. The van der Waals surface area contributed by atoms with E-state index >= 15 is 0 Å². The van der Waals surface area contributed by atoms with Crippen molar-refractivity contribution in [3.63, 3.8) is 0 Å². The molecule has 0 spiro atoms. The van der Waals surface area contributed by atoms with Crippen molar-refractivity contribution in [1.82, 2.24) is 9.97 Å². The van der Waals surface area contributed by atoms with E-state index < -0.39 is 0 Å². The number of hydrogen-bond donors (Lipinski definition) is 0. The van der Waals surface area contributed by atoms with Gasteiger partial charge >= 0.3 is 0 Å². The monoisotopic (exact) mass is 212 g/mol. The van der Waals surface area contributed by atoms with Gasteiger partial charge in [0, 0.05) is 22.5 Å². The molecule has 0 radical (unpaired) electrons. The van der Waals surface area contributed by atoms with Gasteiger partial charge in [-0.05, 0) is 12.1 Å². The SMILES string of the molecule is c1ccc2c(-c3cscn3)ccnc2c1. The predicted molar refractivity (Wildman–Crippen MR) is 62.9 cm³/mol. The Morgan fingerprint density at radius 2 is 1.93 bits per heavy atom. The van der Waals surface area contributed by atoms with E-state index in [-0.39, 0.29) is 0 Å². The highest BCUT2D eigenvalue weighted by atomic mass is 32.1. The number of hydrogen-bond acceptors (Lipinski definition) is 3. The summed E-state index contributed by atoms with van der Waals surface area (Å²) in [6.45, 7) is 0. The highest BCUT2D eigenvalue weighted by Gasteiger charge is 2.04. The lowest BCUT2D eigenvalue weighted by atomic mass is 10.1. The van der Waals surface area contributed by atoms with Crippen LogP contribution in [0.25, 0.3) is 22.2 Å². The Hall–Kier alpha value is -1.74. The maximum atomic E-state index is 4.33. The van der Waals surface area contributed by atoms with Gasteiger partial charge in [0.2, 0.25) is 0 Å². The number of thiazole rings is 1. The number of nitrogens with zero attached hydrogens (tertiary/aromatic N) is 2. The zero-order valence-corrected chi connectivity index (χ0v) is 8.74. The Morgan fingerprint density at radius 1 is 1.00 bits per heavy atom. The molecule has 0 bridgehead atoms. The van der Waals surface area contributed by atoms with E-state index in [4.69, 9.17) is 0 Å². The molecule has 3 heteroatoms. The Labute approximate surface area is 91.2 Å². The molecule has 72 valence electrons. The van der Waals surface area contributed by atoms with Gasteiger partial charge in [-0.1, -0.05) is 18.2 Å². The van der Waals surface area contributed by atoms with Crippen molar-refractivity contribution < 1.29 is 0 Å². The summed E-state index contributed by atoms with van der Waals surface area (Å²) in [5.41, 5.74) is 5.05. The van der Waals surface area contributed by atoms with E-state index in [9.17, 15) is 0 Å². The summed E-state index contributed by atoms with van der Waals surface area (Å²) in [5.74, 6) is 0. The Bertz CT molecular complexity index is 582. The van der Waals surface area contributed by atoms with Crippen molar-refractivity contribution in [1.29, 1.82) is 0 Å². The lowest BCUT2D eigenvalue weighted by Gasteiger charge is -2.02. The molecule has 0 atom stereocenters. The number of fused-ring (bicyclic) bond motifs is 1. The predicted octanol–water partition coefficient (Wildman–Crippen LogP) is 3.36. The first-order valence-corrected chi connectivity index (χ1v) is 5.62. The van der Waals surface area contributed by atoms with E-state index in [0.29, 0.717) is 0 Å². The molecule has 2 nitrogen and oxygen atoms in total. The van der Waals surface area contributed by atoms with Gasteiger partial charge in [-0.25, -0.2) is 4.98 Å². The Kier molecular flexibility index (Phi) is 1.96. The molecule has 1 aromatic carbocycles. The molecule has 2 heterocycles. The third kappa shape index (κ3) is 1.41. The maximum absolute atomic E-state index is 4.33. The van der Waals surface area contributed by atoms with Crippen LogP contribution in [-0.2, 0) is 0 Å². The van der Waals surface area contributed by atoms with Crippen LogP contribution in [0.4, 0.5) is 0 Å². The van der Waals surface area contributed by atoms with Gasteiger partial charge in [0.25, 0.3) is 0 Å². The van der Waals surface area contributed by atoms with Gasteiger partial charge < -0.3 is 0 Å². The average molecular weight is 212 g/mol. The molecule has 3 aromatic rings. The molecular formula is C12H8N2S. The van der Waals surface area contributed by atoms with Crippen LogP contribution in [0, 0.1) is 0 Å². The molecule has 3 rings (SSSR count). The minimum Gasteiger partial charge on any atom is -0.256 e. The van der Waals surface area contributed by atoms with Crippen LogP contribution < -0.4 is 0 Å². The summed E-state index contributed by atoms with van der Waals surface area (Å²) in [5, 5.41) is 3.22. The topological polar surface area (TPSA) is 25.8 Å². The molecule has 0 unspecified atom stereocenters. The van der Waals surface area contributed by atoms with Gasteiger partial charge in [-0.15, -0.1) is 11.3 Å². The van der Waals surface area contributed by atoms with Crippen molar-refractivity contribution >= 4 is 22.2 Å². The normalized spacial score (nSPS) is 10.7. The van der Waals surface area contributed by atoms with Crippen LogP contribution in [0.15, 0.2) is 47.4 Å². The van der Waals surface area contributed by atoms with Crippen molar-refractivity contribution in [2.75, 3.05) is 0 Å². The van der Waals surface area contributed by atoms with Gasteiger partial charge in [0.1, 0.15) is 0 Å². The molecule has 0 aliphatic heterocycles. The summed E-state index contributed by atoms with van der Waals surface area (Å²) in [7, 11) is 0. The Balaban J connectivity index is 2.36. The number of aromatic nitrogens is 2. The largest absolute Gasteiger partial charge is 0.256 e. The highest BCUT2D eigenvalue weighted by Crippen LogP contribution is 2.26.